The summed E-state index contributed by atoms with van der Waals surface area (Å²) < 4.78 is 40.4. The highest BCUT2D eigenvalue weighted by atomic mass is 32.2. The van der Waals surface area contributed by atoms with Gasteiger partial charge in [-0.05, 0) is 61.2 Å². The molecule has 1 aliphatic heterocycles. The van der Waals surface area contributed by atoms with Crippen LogP contribution >= 0.6 is 0 Å². The van der Waals surface area contributed by atoms with E-state index in [-0.39, 0.29) is 54.7 Å². The standard InChI is InChI=1S/C33H34N2O7S/c1-4-5-21-41-26-15-17-27(18-16-26)43(39,40)35(22-24(2)3)30(33(38)42-23-25-11-7-6-8-12-25)19-20-34-31(36)28-13-9-10-14-29(28)32(34)37/h6-18,24,30H,19-23H2,1-3H3/t30-/m1/s1. The number of carbonyl (C=O) groups excluding carboxylic acids is 3. The van der Waals surface area contributed by atoms with Crippen molar-refractivity contribution in [2.45, 2.75) is 44.7 Å². The fourth-order valence-corrected chi connectivity index (χ4v) is 6.46. The minimum atomic E-state index is -4.23. The highest BCUT2D eigenvalue weighted by molar-refractivity contribution is 7.89. The normalized spacial score (nSPS) is 13.5. The lowest BCUT2D eigenvalue weighted by atomic mass is 10.1. The van der Waals surface area contributed by atoms with E-state index in [9.17, 15) is 22.8 Å². The zero-order valence-corrected chi connectivity index (χ0v) is 25.2. The molecule has 1 atom stereocenters. The average molecular weight is 603 g/mol. The number of hydrogen-bond donors (Lipinski definition) is 0. The lowest BCUT2D eigenvalue weighted by Gasteiger charge is -2.31. The van der Waals surface area contributed by atoms with Crippen LogP contribution in [0.5, 0.6) is 5.75 Å². The second-order valence-electron chi connectivity index (χ2n) is 10.4. The summed E-state index contributed by atoms with van der Waals surface area (Å²) in [4.78, 5) is 40.7. The molecule has 3 aromatic carbocycles. The molecule has 2 amide bonds. The summed E-state index contributed by atoms with van der Waals surface area (Å²) in [6.07, 6.45) is -0.151. The molecule has 0 saturated carbocycles. The van der Waals surface area contributed by atoms with Gasteiger partial charge in [-0.2, -0.15) is 4.31 Å². The number of nitrogens with zero attached hydrogens (tertiary/aromatic N) is 2. The van der Waals surface area contributed by atoms with Crippen molar-refractivity contribution >= 4 is 27.8 Å². The smallest absolute Gasteiger partial charge is 0.324 e. The summed E-state index contributed by atoms with van der Waals surface area (Å²) >= 11 is 0. The average Bonchev–Trinajstić information content (AvgIpc) is 3.25. The predicted molar refractivity (Wildman–Crippen MR) is 161 cm³/mol. The number of carbonyl (C=O) groups is 3. The van der Waals surface area contributed by atoms with Gasteiger partial charge in [0.25, 0.3) is 11.8 Å². The third-order valence-electron chi connectivity index (χ3n) is 6.81. The monoisotopic (exact) mass is 602 g/mol. The number of amides is 2. The van der Waals surface area contributed by atoms with Crippen molar-refractivity contribution < 1.29 is 32.3 Å². The van der Waals surface area contributed by atoms with Crippen LogP contribution in [0.1, 0.15) is 53.5 Å². The van der Waals surface area contributed by atoms with Crippen LogP contribution in [0.25, 0.3) is 0 Å². The van der Waals surface area contributed by atoms with Gasteiger partial charge in [-0.25, -0.2) is 8.42 Å². The van der Waals surface area contributed by atoms with Crippen LogP contribution in [-0.2, 0) is 26.2 Å². The summed E-state index contributed by atoms with van der Waals surface area (Å²) in [5.41, 5.74) is 1.28. The largest absolute Gasteiger partial charge is 0.481 e. The molecule has 0 spiro atoms. The van der Waals surface area contributed by atoms with Gasteiger partial charge in [0.1, 0.15) is 25.0 Å². The Labute approximate surface area is 252 Å². The Morgan fingerprint density at radius 2 is 1.51 bits per heavy atom. The zero-order valence-electron chi connectivity index (χ0n) is 24.4. The van der Waals surface area contributed by atoms with Crippen LogP contribution in [-0.4, -0.2) is 61.1 Å². The Bertz CT molecular complexity index is 1590. The highest BCUT2D eigenvalue weighted by Gasteiger charge is 2.40. The number of benzene rings is 3. The van der Waals surface area contributed by atoms with Crippen molar-refractivity contribution in [1.29, 1.82) is 0 Å². The molecule has 10 heteroatoms. The SMILES string of the molecule is CC#CCOc1ccc(S(=O)(=O)N(CC(C)C)[C@H](CCN2C(=O)c3ccccc3C2=O)C(=O)OCc2ccccc2)cc1. The van der Waals surface area contributed by atoms with E-state index in [2.05, 4.69) is 11.8 Å². The van der Waals surface area contributed by atoms with Crippen molar-refractivity contribution in [3.8, 4) is 17.6 Å². The molecule has 43 heavy (non-hydrogen) atoms. The van der Waals surface area contributed by atoms with Crippen molar-refractivity contribution in [3.05, 3.63) is 95.6 Å². The van der Waals surface area contributed by atoms with Gasteiger partial charge in [0.05, 0.1) is 16.0 Å². The van der Waals surface area contributed by atoms with Crippen molar-refractivity contribution in [1.82, 2.24) is 9.21 Å². The molecule has 0 radical (unpaired) electrons. The fraction of sp³-hybridized carbons (Fsp3) is 0.303. The Hall–Kier alpha value is -4.46. The van der Waals surface area contributed by atoms with Gasteiger partial charge in [0.15, 0.2) is 0 Å². The summed E-state index contributed by atoms with van der Waals surface area (Å²) in [7, 11) is -4.23. The van der Waals surface area contributed by atoms with Crippen LogP contribution in [0, 0.1) is 17.8 Å². The third kappa shape index (κ3) is 7.49. The van der Waals surface area contributed by atoms with Gasteiger partial charge in [-0.15, -0.1) is 5.92 Å². The molecular weight excluding hydrogens is 568 g/mol. The van der Waals surface area contributed by atoms with Crippen LogP contribution in [0.3, 0.4) is 0 Å². The van der Waals surface area contributed by atoms with E-state index in [1.165, 1.54) is 24.3 Å². The van der Waals surface area contributed by atoms with Gasteiger partial charge in [0, 0.05) is 13.1 Å². The number of sulfonamides is 1. The first-order valence-electron chi connectivity index (χ1n) is 13.9. The number of rotatable bonds is 13. The molecule has 0 aliphatic carbocycles. The van der Waals surface area contributed by atoms with E-state index in [0.29, 0.717) is 5.75 Å². The lowest BCUT2D eigenvalue weighted by Crippen LogP contribution is -2.49. The van der Waals surface area contributed by atoms with Gasteiger partial charge < -0.3 is 9.47 Å². The molecule has 1 aliphatic rings. The maximum atomic E-state index is 14.1. The van der Waals surface area contributed by atoms with Gasteiger partial charge in [-0.3, -0.25) is 19.3 Å². The maximum absolute atomic E-state index is 14.1. The predicted octanol–water partition coefficient (Wildman–Crippen LogP) is 4.53. The molecule has 4 rings (SSSR count). The molecule has 0 fully saturated rings. The molecule has 224 valence electrons. The van der Waals surface area contributed by atoms with Crippen molar-refractivity contribution in [3.63, 3.8) is 0 Å². The molecule has 0 saturated heterocycles. The van der Waals surface area contributed by atoms with E-state index in [0.717, 1.165) is 14.8 Å². The van der Waals surface area contributed by atoms with E-state index in [1.54, 1.807) is 55.5 Å². The summed E-state index contributed by atoms with van der Waals surface area (Å²) in [6.45, 7) is 5.29. The maximum Gasteiger partial charge on any atom is 0.324 e. The molecule has 0 unspecified atom stereocenters. The van der Waals surface area contributed by atoms with Crippen LogP contribution < -0.4 is 4.74 Å². The number of ether oxygens (including phenoxy) is 2. The molecule has 9 nitrogen and oxygen atoms in total. The number of imide groups is 1. The minimum absolute atomic E-state index is 0.000103. The molecule has 3 aromatic rings. The Morgan fingerprint density at radius 3 is 2.09 bits per heavy atom. The van der Waals surface area contributed by atoms with Gasteiger partial charge >= 0.3 is 5.97 Å². The second kappa shape index (κ2) is 14.1. The first kappa shape index (κ1) is 31.5. The first-order chi connectivity index (χ1) is 20.6. The molecule has 0 bridgehead atoms. The van der Waals surface area contributed by atoms with E-state index in [4.69, 9.17) is 9.47 Å². The quantitative estimate of drug-likeness (QED) is 0.161. The van der Waals surface area contributed by atoms with E-state index in [1.807, 2.05) is 19.9 Å². The van der Waals surface area contributed by atoms with Crippen LogP contribution in [0.4, 0.5) is 0 Å². The minimum Gasteiger partial charge on any atom is -0.481 e. The Kier molecular flexibility index (Phi) is 10.3. The Balaban J connectivity index is 1.64. The van der Waals surface area contributed by atoms with Gasteiger partial charge in [0.2, 0.25) is 10.0 Å². The summed E-state index contributed by atoms with van der Waals surface area (Å²) in [5, 5.41) is 0. The molecule has 1 heterocycles. The van der Waals surface area contributed by atoms with E-state index < -0.39 is 33.8 Å². The molecule has 0 aromatic heterocycles. The zero-order chi connectivity index (χ0) is 31.0. The summed E-state index contributed by atoms with van der Waals surface area (Å²) in [6, 6.07) is 20.1. The van der Waals surface area contributed by atoms with E-state index >= 15 is 0 Å². The van der Waals surface area contributed by atoms with Crippen LogP contribution in [0.2, 0.25) is 0 Å². The lowest BCUT2D eigenvalue weighted by molar-refractivity contribution is -0.150. The fourth-order valence-electron chi connectivity index (χ4n) is 4.69. The topological polar surface area (TPSA) is 110 Å². The molecule has 0 N–H and O–H groups in total. The van der Waals surface area contributed by atoms with Crippen LogP contribution in [0.15, 0.2) is 83.8 Å². The number of hydrogen-bond acceptors (Lipinski definition) is 7. The van der Waals surface area contributed by atoms with Crippen molar-refractivity contribution in [2.75, 3.05) is 19.7 Å². The highest BCUT2D eigenvalue weighted by Crippen LogP contribution is 2.27. The van der Waals surface area contributed by atoms with Crippen molar-refractivity contribution in [2.24, 2.45) is 5.92 Å². The first-order valence-corrected chi connectivity index (χ1v) is 15.4. The second-order valence-corrected chi connectivity index (χ2v) is 12.3. The molecular formula is C33H34N2O7S. The Morgan fingerprint density at radius 1 is 0.907 bits per heavy atom. The van der Waals surface area contributed by atoms with Gasteiger partial charge in [-0.1, -0.05) is 62.2 Å². The summed E-state index contributed by atoms with van der Waals surface area (Å²) in [5.74, 6) is 4.04. The third-order valence-corrected chi connectivity index (χ3v) is 8.70. The number of fused-ring (bicyclic) bond motifs is 1. The number of esters is 1.